The average Bonchev–Trinajstić information content (AvgIpc) is 3.42. The van der Waals surface area contributed by atoms with E-state index in [2.05, 4.69) is 26.7 Å². The highest BCUT2D eigenvalue weighted by molar-refractivity contribution is 7.99. The molecule has 1 N–H and O–H groups in total. The predicted molar refractivity (Wildman–Crippen MR) is 112 cm³/mol. The molecule has 0 unspecified atom stereocenters. The van der Waals surface area contributed by atoms with Crippen molar-refractivity contribution in [3.05, 3.63) is 59.5 Å². The van der Waals surface area contributed by atoms with E-state index < -0.39 is 0 Å². The van der Waals surface area contributed by atoms with Gasteiger partial charge in [-0.2, -0.15) is 0 Å². The van der Waals surface area contributed by atoms with Crippen molar-refractivity contribution in [2.24, 2.45) is 0 Å². The van der Waals surface area contributed by atoms with E-state index in [-0.39, 0.29) is 11.9 Å². The van der Waals surface area contributed by atoms with Crippen LogP contribution >= 0.6 is 11.8 Å². The van der Waals surface area contributed by atoms with Gasteiger partial charge in [-0.3, -0.25) is 4.79 Å². The zero-order valence-corrected chi connectivity index (χ0v) is 17.1. The molecule has 4 rings (SSSR count). The lowest BCUT2D eigenvalue weighted by atomic mass is 10.1. The van der Waals surface area contributed by atoms with Crippen LogP contribution in [-0.2, 0) is 11.3 Å². The van der Waals surface area contributed by atoms with Crippen LogP contribution in [0.1, 0.15) is 34.6 Å². The van der Waals surface area contributed by atoms with Gasteiger partial charge in [0.05, 0.1) is 30.3 Å². The molecule has 1 atom stereocenters. The van der Waals surface area contributed by atoms with E-state index in [0.29, 0.717) is 5.75 Å². The molecule has 5 nitrogen and oxygen atoms in total. The number of nitrogens with one attached hydrogen (secondary N) is 1. The number of nitrogens with zero attached hydrogens (tertiary/aromatic N) is 2. The van der Waals surface area contributed by atoms with Crippen LogP contribution in [0.15, 0.2) is 47.8 Å². The fraction of sp³-hybridized carbons (Fsp3) is 0.364. The molecule has 0 bridgehead atoms. The van der Waals surface area contributed by atoms with Crippen LogP contribution in [0.4, 0.5) is 0 Å². The SMILES string of the molecule is Cc1cc(C(=O)CSc2ncc(-c3ccccc3)n2C[C@H]2CCCO2)c(C)[nH]1. The topological polar surface area (TPSA) is 59.9 Å². The number of rotatable bonds is 7. The first-order valence-corrected chi connectivity index (χ1v) is 10.6. The van der Waals surface area contributed by atoms with Gasteiger partial charge in [0.2, 0.25) is 0 Å². The third-order valence-electron chi connectivity index (χ3n) is 5.08. The summed E-state index contributed by atoms with van der Waals surface area (Å²) < 4.78 is 8.06. The second kappa shape index (κ2) is 8.37. The summed E-state index contributed by atoms with van der Waals surface area (Å²) in [4.78, 5) is 20.5. The number of Topliss-reactive ketones (excluding diaryl/α,β-unsaturated/α-hetero) is 1. The molecule has 28 heavy (non-hydrogen) atoms. The number of hydrogen-bond donors (Lipinski definition) is 1. The second-order valence-corrected chi connectivity index (χ2v) is 8.18. The normalized spacial score (nSPS) is 16.6. The number of thioether (sulfide) groups is 1. The van der Waals surface area contributed by atoms with Crippen molar-refractivity contribution >= 4 is 17.5 Å². The number of carbonyl (C=O) groups is 1. The van der Waals surface area contributed by atoms with Crippen molar-refractivity contribution < 1.29 is 9.53 Å². The van der Waals surface area contributed by atoms with Crippen LogP contribution in [0, 0.1) is 13.8 Å². The molecule has 1 aromatic carbocycles. The van der Waals surface area contributed by atoms with Crippen molar-refractivity contribution in [1.82, 2.24) is 14.5 Å². The Morgan fingerprint density at radius 3 is 2.82 bits per heavy atom. The van der Waals surface area contributed by atoms with Crippen LogP contribution in [-0.4, -0.2) is 38.8 Å². The zero-order chi connectivity index (χ0) is 19.5. The maximum atomic E-state index is 12.7. The first kappa shape index (κ1) is 19.0. The van der Waals surface area contributed by atoms with E-state index in [9.17, 15) is 4.79 Å². The number of imidazole rings is 1. The smallest absolute Gasteiger partial charge is 0.174 e. The van der Waals surface area contributed by atoms with Crippen molar-refractivity contribution in [3.63, 3.8) is 0 Å². The largest absolute Gasteiger partial charge is 0.376 e. The number of ketones is 1. The fourth-order valence-electron chi connectivity index (χ4n) is 3.70. The van der Waals surface area contributed by atoms with E-state index in [1.165, 1.54) is 11.8 Å². The Kier molecular flexibility index (Phi) is 5.69. The number of aryl methyl sites for hydroxylation is 2. The second-order valence-electron chi connectivity index (χ2n) is 7.24. The summed E-state index contributed by atoms with van der Waals surface area (Å²) in [5.41, 5.74) is 4.90. The Bertz CT molecular complexity index is 956. The average molecular weight is 396 g/mol. The van der Waals surface area contributed by atoms with Gasteiger partial charge in [0, 0.05) is 23.6 Å². The molecule has 0 saturated carbocycles. The van der Waals surface area contributed by atoms with Crippen LogP contribution in [0.5, 0.6) is 0 Å². The lowest BCUT2D eigenvalue weighted by Crippen LogP contribution is -2.17. The molecule has 3 aromatic rings. The molecule has 2 aromatic heterocycles. The summed E-state index contributed by atoms with van der Waals surface area (Å²) >= 11 is 1.50. The molecule has 1 aliphatic heterocycles. The number of H-pyrrole nitrogens is 1. The van der Waals surface area contributed by atoms with Gasteiger partial charge in [0.15, 0.2) is 10.9 Å². The Hall–Kier alpha value is -2.31. The van der Waals surface area contributed by atoms with Gasteiger partial charge in [0.1, 0.15) is 0 Å². The van der Waals surface area contributed by atoms with Crippen LogP contribution in [0.25, 0.3) is 11.3 Å². The highest BCUT2D eigenvalue weighted by Crippen LogP contribution is 2.29. The summed E-state index contributed by atoms with van der Waals surface area (Å²) in [6.07, 6.45) is 4.29. The molecule has 0 aliphatic carbocycles. The number of aromatic amines is 1. The van der Waals surface area contributed by atoms with E-state index >= 15 is 0 Å². The highest BCUT2D eigenvalue weighted by Gasteiger charge is 2.21. The molecule has 0 spiro atoms. The van der Waals surface area contributed by atoms with E-state index in [4.69, 9.17) is 4.74 Å². The number of hydrogen-bond acceptors (Lipinski definition) is 4. The molecule has 6 heteroatoms. The maximum absolute atomic E-state index is 12.7. The van der Waals surface area contributed by atoms with Crippen molar-refractivity contribution in [3.8, 4) is 11.3 Å². The predicted octanol–water partition coefficient (Wildman–Crippen LogP) is 4.65. The van der Waals surface area contributed by atoms with Gasteiger partial charge >= 0.3 is 0 Å². The first-order valence-electron chi connectivity index (χ1n) is 9.66. The Labute approximate surface area is 169 Å². The van der Waals surface area contributed by atoms with Gasteiger partial charge in [-0.25, -0.2) is 4.98 Å². The minimum atomic E-state index is 0.125. The molecule has 1 fully saturated rings. The van der Waals surface area contributed by atoms with E-state index in [1.807, 2.05) is 44.3 Å². The Morgan fingerprint density at radius 1 is 1.32 bits per heavy atom. The zero-order valence-electron chi connectivity index (χ0n) is 16.3. The molecular formula is C22H25N3O2S. The summed E-state index contributed by atoms with van der Waals surface area (Å²) in [5.74, 6) is 0.495. The van der Waals surface area contributed by atoms with Crippen molar-refractivity contribution in [2.45, 2.75) is 44.5 Å². The summed E-state index contributed by atoms with van der Waals surface area (Å²) in [7, 11) is 0. The van der Waals surface area contributed by atoms with Crippen molar-refractivity contribution in [1.29, 1.82) is 0 Å². The third-order valence-corrected chi connectivity index (χ3v) is 6.07. The molecule has 146 valence electrons. The molecule has 1 aliphatic rings. The summed E-state index contributed by atoms with van der Waals surface area (Å²) in [5, 5.41) is 0.868. The van der Waals surface area contributed by atoms with Crippen molar-refractivity contribution in [2.75, 3.05) is 12.4 Å². The lowest BCUT2D eigenvalue weighted by Gasteiger charge is -2.16. The molecule has 3 heterocycles. The number of carbonyl (C=O) groups excluding carboxylic acids is 1. The molecule has 0 radical (unpaired) electrons. The standard InChI is InChI=1S/C22H25N3O2S/c1-15-11-19(16(2)24-15)21(26)14-28-22-23-12-20(17-7-4-3-5-8-17)25(22)13-18-9-6-10-27-18/h3-5,7-8,11-12,18,24H,6,9-10,13-14H2,1-2H3/t18-/m1/s1. The number of benzene rings is 1. The van der Waals surface area contributed by atoms with Crippen LogP contribution < -0.4 is 0 Å². The summed E-state index contributed by atoms with van der Waals surface area (Å²) in [6.45, 7) is 5.50. The number of ether oxygens (including phenoxy) is 1. The molecule has 0 amide bonds. The van der Waals surface area contributed by atoms with E-state index in [0.717, 1.165) is 59.4 Å². The van der Waals surface area contributed by atoms with Gasteiger partial charge in [0.25, 0.3) is 0 Å². The van der Waals surface area contributed by atoms with Gasteiger partial charge in [-0.1, -0.05) is 42.1 Å². The first-order chi connectivity index (χ1) is 13.6. The minimum absolute atomic E-state index is 0.125. The lowest BCUT2D eigenvalue weighted by molar-refractivity contribution is 0.0954. The van der Waals surface area contributed by atoms with Gasteiger partial charge in [-0.05, 0) is 38.3 Å². The monoisotopic (exact) mass is 395 g/mol. The Balaban J connectivity index is 1.56. The van der Waals surface area contributed by atoms with Gasteiger partial charge < -0.3 is 14.3 Å². The molecule has 1 saturated heterocycles. The number of aromatic nitrogens is 3. The van der Waals surface area contributed by atoms with Crippen LogP contribution in [0.2, 0.25) is 0 Å². The van der Waals surface area contributed by atoms with Gasteiger partial charge in [-0.15, -0.1) is 0 Å². The fourth-order valence-corrected chi connectivity index (χ4v) is 4.57. The molecular weight excluding hydrogens is 370 g/mol. The summed E-state index contributed by atoms with van der Waals surface area (Å²) in [6, 6.07) is 12.2. The van der Waals surface area contributed by atoms with E-state index in [1.54, 1.807) is 0 Å². The van der Waals surface area contributed by atoms with Crippen LogP contribution in [0.3, 0.4) is 0 Å². The Morgan fingerprint density at radius 2 is 2.14 bits per heavy atom. The highest BCUT2D eigenvalue weighted by atomic mass is 32.2. The minimum Gasteiger partial charge on any atom is -0.376 e. The maximum Gasteiger partial charge on any atom is 0.174 e. The third kappa shape index (κ3) is 4.08. The quantitative estimate of drug-likeness (QED) is 0.467.